The van der Waals surface area contributed by atoms with E-state index in [1.807, 2.05) is 0 Å². The number of likely N-dealkylation sites (tertiary alicyclic amines) is 1. The number of methoxy groups -OCH3 is 1. The minimum absolute atomic E-state index is 0.0347. The van der Waals surface area contributed by atoms with Crippen molar-refractivity contribution < 1.29 is 9.53 Å². The molecule has 0 aromatic heterocycles. The third kappa shape index (κ3) is 3.42. The molecule has 0 aromatic rings. The summed E-state index contributed by atoms with van der Waals surface area (Å²) >= 11 is 0. The summed E-state index contributed by atoms with van der Waals surface area (Å²) in [5.41, 5.74) is 5.93. The van der Waals surface area contributed by atoms with Gasteiger partial charge in [0.2, 0.25) is 0 Å². The maximum Gasteiger partial charge on any atom is 0.308 e. The smallest absolute Gasteiger partial charge is 0.308 e. The van der Waals surface area contributed by atoms with Gasteiger partial charge in [-0.05, 0) is 51.1 Å². The van der Waals surface area contributed by atoms with Gasteiger partial charge in [0.25, 0.3) is 0 Å². The number of nitrogens with two attached hydrogens (primary N) is 1. The van der Waals surface area contributed by atoms with Gasteiger partial charge in [0.15, 0.2) is 0 Å². The molecule has 1 heterocycles. The summed E-state index contributed by atoms with van der Waals surface area (Å²) in [4.78, 5) is 13.9. The Balaban J connectivity index is 1.70. The summed E-state index contributed by atoms with van der Waals surface area (Å²) in [5, 5.41) is 0. The second-order valence-corrected chi connectivity index (χ2v) is 5.54. The Morgan fingerprint density at radius 2 is 2.00 bits per heavy atom. The molecule has 2 aliphatic rings. The number of hydrogen-bond donors (Lipinski definition) is 1. The summed E-state index contributed by atoms with van der Waals surface area (Å²) in [6.45, 7) is 3.23. The standard InChI is InChI=1S/C13H24N2O2/c1-17-13(16)11-4-6-15(7-5-11)9-10-2-3-12(14)8-10/h10-12H,2-9,14H2,1H3/t10-,12+/m0/s1. The number of hydrogen-bond acceptors (Lipinski definition) is 4. The van der Waals surface area contributed by atoms with E-state index >= 15 is 0 Å². The highest BCUT2D eigenvalue weighted by atomic mass is 16.5. The summed E-state index contributed by atoms with van der Waals surface area (Å²) in [5.74, 6) is 0.870. The van der Waals surface area contributed by atoms with Crippen LogP contribution in [-0.2, 0) is 9.53 Å². The molecule has 17 heavy (non-hydrogen) atoms. The maximum atomic E-state index is 11.4. The molecule has 1 saturated heterocycles. The van der Waals surface area contributed by atoms with Crippen LogP contribution in [0.25, 0.3) is 0 Å². The van der Waals surface area contributed by atoms with Crippen molar-refractivity contribution in [2.45, 2.75) is 38.1 Å². The van der Waals surface area contributed by atoms with Crippen LogP contribution in [0.15, 0.2) is 0 Å². The van der Waals surface area contributed by atoms with Crippen LogP contribution in [0.5, 0.6) is 0 Å². The van der Waals surface area contributed by atoms with Crippen molar-refractivity contribution in [3.63, 3.8) is 0 Å². The molecule has 0 unspecified atom stereocenters. The Morgan fingerprint density at radius 3 is 2.53 bits per heavy atom. The molecule has 2 N–H and O–H groups in total. The first kappa shape index (κ1) is 12.8. The Hall–Kier alpha value is -0.610. The van der Waals surface area contributed by atoms with Gasteiger partial charge in [-0.3, -0.25) is 4.79 Å². The van der Waals surface area contributed by atoms with Crippen molar-refractivity contribution in [2.75, 3.05) is 26.7 Å². The van der Waals surface area contributed by atoms with E-state index in [1.165, 1.54) is 32.9 Å². The first-order valence-electron chi connectivity index (χ1n) is 6.74. The van der Waals surface area contributed by atoms with Crippen LogP contribution < -0.4 is 5.73 Å². The largest absolute Gasteiger partial charge is 0.469 e. The van der Waals surface area contributed by atoms with E-state index in [0.29, 0.717) is 6.04 Å². The van der Waals surface area contributed by atoms with Crippen LogP contribution in [0.1, 0.15) is 32.1 Å². The fourth-order valence-electron chi connectivity index (χ4n) is 3.16. The SMILES string of the molecule is COC(=O)C1CCN(C[C@H]2CC[C@@H](N)C2)CC1. The molecule has 1 aliphatic carbocycles. The summed E-state index contributed by atoms with van der Waals surface area (Å²) in [6, 6.07) is 0.424. The number of rotatable bonds is 3. The zero-order valence-corrected chi connectivity index (χ0v) is 10.7. The highest BCUT2D eigenvalue weighted by molar-refractivity contribution is 5.72. The van der Waals surface area contributed by atoms with Crippen LogP contribution in [0.2, 0.25) is 0 Å². The molecular formula is C13H24N2O2. The highest BCUT2D eigenvalue weighted by Crippen LogP contribution is 2.27. The Labute approximate surface area is 103 Å². The van der Waals surface area contributed by atoms with Crippen molar-refractivity contribution in [1.82, 2.24) is 4.90 Å². The van der Waals surface area contributed by atoms with Gasteiger partial charge in [-0.2, -0.15) is 0 Å². The van der Waals surface area contributed by atoms with E-state index in [2.05, 4.69) is 4.90 Å². The summed E-state index contributed by atoms with van der Waals surface area (Å²) < 4.78 is 4.80. The quantitative estimate of drug-likeness (QED) is 0.748. The lowest BCUT2D eigenvalue weighted by molar-refractivity contribution is -0.147. The van der Waals surface area contributed by atoms with Crippen molar-refractivity contribution >= 4 is 5.97 Å². The predicted molar refractivity (Wildman–Crippen MR) is 66.5 cm³/mol. The van der Waals surface area contributed by atoms with Crippen molar-refractivity contribution in [3.8, 4) is 0 Å². The molecule has 4 nitrogen and oxygen atoms in total. The topological polar surface area (TPSA) is 55.6 Å². The molecule has 4 heteroatoms. The Morgan fingerprint density at radius 1 is 1.29 bits per heavy atom. The van der Waals surface area contributed by atoms with Gasteiger partial charge in [0.1, 0.15) is 0 Å². The second kappa shape index (κ2) is 5.83. The van der Waals surface area contributed by atoms with Crippen LogP contribution in [0, 0.1) is 11.8 Å². The summed E-state index contributed by atoms with van der Waals surface area (Å²) in [7, 11) is 1.48. The number of piperidine rings is 1. The minimum Gasteiger partial charge on any atom is -0.469 e. The third-order valence-corrected chi connectivity index (χ3v) is 4.22. The molecule has 0 spiro atoms. The van der Waals surface area contributed by atoms with Crippen molar-refractivity contribution in [3.05, 3.63) is 0 Å². The maximum absolute atomic E-state index is 11.4. The van der Waals surface area contributed by atoms with Gasteiger partial charge in [-0.15, -0.1) is 0 Å². The zero-order chi connectivity index (χ0) is 12.3. The van der Waals surface area contributed by atoms with E-state index in [1.54, 1.807) is 0 Å². The van der Waals surface area contributed by atoms with E-state index in [-0.39, 0.29) is 11.9 Å². The molecule has 2 fully saturated rings. The van der Waals surface area contributed by atoms with E-state index in [0.717, 1.165) is 31.8 Å². The lowest BCUT2D eigenvalue weighted by Crippen LogP contribution is -2.39. The summed E-state index contributed by atoms with van der Waals surface area (Å²) in [6.07, 6.45) is 5.54. The van der Waals surface area contributed by atoms with Gasteiger partial charge in [0.05, 0.1) is 13.0 Å². The number of nitrogens with zero attached hydrogens (tertiary/aromatic N) is 1. The van der Waals surface area contributed by atoms with Gasteiger partial charge < -0.3 is 15.4 Å². The van der Waals surface area contributed by atoms with Crippen LogP contribution >= 0.6 is 0 Å². The average Bonchev–Trinajstić information content (AvgIpc) is 2.75. The molecular weight excluding hydrogens is 216 g/mol. The van der Waals surface area contributed by atoms with E-state index < -0.39 is 0 Å². The zero-order valence-electron chi connectivity index (χ0n) is 10.7. The number of ether oxygens (including phenoxy) is 1. The lowest BCUT2D eigenvalue weighted by atomic mass is 9.96. The monoisotopic (exact) mass is 240 g/mol. The normalized spacial score (nSPS) is 31.6. The number of carbonyl (C=O) groups excluding carboxylic acids is 1. The molecule has 0 amide bonds. The van der Waals surface area contributed by atoms with Crippen LogP contribution in [0.4, 0.5) is 0 Å². The number of carbonyl (C=O) groups is 1. The molecule has 0 aromatic carbocycles. The number of esters is 1. The van der Waals surface area contributed by atoms with Crippen molar-refractivity contribution in [2.24, 2.45) is 17.6 Å². The first-order valence-corrected chi connectivity index (χ1v) is 6.74. The average molecular weight is 240 g/mol. The lowest BCUT2D eigenvalue weighted by Gasteiger charge is -2.32. The second-order valence-electron chi connectivity index (χ2n) is 5.54. The Kier molecular flexibility index (Phi) is 4.40. The Bertz CT molecular complexity index is 262. The molecule has 2 rings (SSSR count). The van der Waals surface area contributed by atoms with Gasteiger partial charge in [-0.1, -0.05) is 0 Å². The van der Waals surface area contributed by atoms with E-state index in [9.17, 15) is 4.79 Å². The minimum atomic E-state index is -0.0347. The van der Waals surface area contributed by atoms with Gasteiger partial charge in [0, 0.05) is 12.6 Å². The van der Waals surface area contributed by atoms with Crippen LogP contribution in [-0.4, -0.2) is 43.7 Å². The third-order valence-electron chi connectivity index (χ3n) is 4.22. The molecule has 0 radical (unpaired) electrons. The van der Waals surface area contributed by atoms with E-state index in [4.69, 9.17) is 10.5 Å². The highest BCUT2D eigenvalue weighted by Gasteiger charge is 2.28. The molecule has 98 valence electrons. The van der Waals surface area contributed by atoms with Gasteiger partial charge >= 0.3 is 5.97 Å². The molecule has 1 saturated carbocycles. The predicted octanol–water partition coefficient (Wildman–Crippen LogP) is 0.999. The fourth-order valence-corrected chi connectivity index (χ4v) is 3.16. The molecule has 2 atom stereocenters. The van der Waals surface area contributed by atoms with Crippen LogP contribution in [0.3, 0.4) is 0 Å². The molecule has 0 bridgehead atoms. The van der Waals surface area contributed by atoms with Crippen molar-refractivity contribution in [1.29, 1.82) is 0 Å². The fraction of sp³-hybridized carbons (Fsp3) is 0.923. The first-order chi connectivity index (χ1) is 8.19. The van der Waals surface area contributed by atoms with Gasteiger partial charge in [-0.25, -0.2) is 0 Å². The molecule has 1 aliphatic heterocycles.